The Kier molecular flexibility index (Phi) is 11.7. The lowest BCUT2D eigenvalue weighted by atomic mass is 9.85. The summed E-state index contributed by atoms with van der Waals surface area (Å²) >= 11 is 0. The molecule has 0 aliphatic heterocycles. The summed E-state index contributed by atoms with van der Waals surface area (Å²) in [6, 6.07) is 6.23. The van der Waals surface area contributed by atoms with Gasteiger partial charge in [-0.05, 0) is 55.2 Å². The van der Waals surface area contributed by atoms with E-state index in [0.717, 1.165) is 18.6 Å². The van der Waals surface area contributed by atoms with E-state index in [-0.39, 0.29) is 5.41 Å². The predicted octanol–water partition coefficient (Wildman–Crippen LogP) is 7.56. The Bertz CT molecular complexity index is 502. The summed E-state index contributed by atoms with van der Waals surface area (Å²) in [6.45, 7) is 11.8. The van der Waals surface area contributed by atoms with Gasteiger partial charge in [-0.25, -0.2) is 0 Å². The Morgan fingerprint density at radius 1 is 0.926 bits per heavy atom. The van der Waals surface area contributed by atoms with Crippen LogP contribution in [0.3, 0.4) is 0 Å². The maximum Gasteiger partial charge on any atom is 0.119 e. The predicted molar refractivity (Wildman–Crippen MR) is 118 cm³/mol. The van der Waals surface area contributed by atoms with Crippen LogP contribution < -0.4 is 0 Å². The quantitative estimate of drug-likeness (QED) is 0.339. The van der Waals surface area contributed by atoms with Gasteiger partial charge in [0.2, 0.25) is 0 Å². The highest BCUT2D eigenvalue weighted by atomic mass is 16.5. The zero-order valence-electron chi connectivity index (χ0n) is 18.7. The van der Waals surface area contributed by atoms with Gasteiger partial charge in [-0.15, -0.1) is 0 Å². The lowest BCUT2D eigenvalue weighted by molar-refractivity contribution is 0.0557. The Hall–Kier alpha value is -1.02. The first kappa shape index (κ1) is 24.0. The van der Waals surface area contributed by atoms with E-state index in [2.05, 4.69) is 46.8 Å². The van der Waals surface area contributed by atoms with Crippen molar-refractivity contribution in [2.45, 2.75) is 117 Å². The molecule has 0 aromatic heterocycles. The SMILES string of the molecule is CCCCCCOC(C)CCCCCCCc1ccc(C(C)(C)C)c(O)c1. The second-order valence-corrected chi connectivity index (χ2v) is 9.15. The summed E-state index contributed by atoms with van der Waals surface area (Å²) in [5, 5.41) is 10.2. The summed E-state index contributed by atoms with van der Waals surface area (Å²) in [5.74, 6) is 0.448. The number of hydrogen-bond acceptors (Lipinski definition) is 2. The number of aryl methyl sites for hydroxylation is 1. The molecule has 1 aromatic carbocycles. The summed E-state index contributed by atoms with van der Waals surface area (Å²) in [7, 11) is 0. The molecule has 0 radical (unpaired) electrons. The van der Waals surface area contributed by atoms with Crippen LogP contribution in [-0.2, 0) is 16.6 Å². The number of hydrogen-bond donors (Lipinski definition) is 1. The Balaban J connectivity index is 2.06. The van der Waals surface area contributed by atoms with Gasteiger partial charge in [-0.3, -0.25) is 0 Å². The molecule has 1 atom stereocenters. The van der Waals surface area contributed by atoms with Crippen LogP contribution in [0.5, 0.6) is 5.75 Å². The molecular formula is C25H44O2. The van der Waals surface area contributed by atoms with Gasteiger partial charge < -0.3 is 9.84 Å². The van der Waals surface area contributed by atoms with Gasteiger partial charge in [-0.1, -0.05) is 84.8 Å². The number of phenolic OH excluding ortho intramolecular Hbond substituents is 1. The van der Waals surface area contributed by atoms with E-state index >= 15 is 0 Å². The van der Waals surface area contributed by atoms with Gasteiger partial charge in [0.1, 0.15) is 5.75 Å². The number of rotatable bonds is 14. The Labute approximate surface area is 168 Å². The van der Waals surface area contributed by atoms with Crippen molar-refractivity contribution in [2.75, 3.05) is 6.61 Å². The summed E-state index contributed by atoms with van der Waals surface area (Å²) in [4.78, 5) is 0. The lowest BCUT2D eigenvalue weighted by Crippen LogP contribution is -2.11. The maximum atomic E-state index is 10.2. The third kappa shape index (κ3) is 10.8. The van der Waals surface area contributed by atoms with Crippen LogP contribution in [0.1, 0.15) is 110 Å². The maximum absolute atomic E-state index is 10.2. The first-order valence-corrected chi connectivity index (χ1v) is 11.3. The molecule has 2 heteroatoms. The minimum absolute atomic E-state index is 0.00102. The molecule has 156 valence electrons. The van der Waals surface area contributed by atoms with Gasteiger partial charge in [0.05, 0.1) is 6.10 Å². The van der Waals surface area contributed by atoms with Crippen LogP contribution in [0.2, 0.25) is 0 Å². The van der Waals surface area contributed by atoms with E-state index in [1.54, 1.807) is 0 Å². The van der Waals surface area contributed by atoms with Crippen molar-refractivity contribution in [3.05, 3.63) is 29.3 Å². The third-order valence-electron chi connectivity index (χ3n) is 5.35. The molecule has 0 spiro atoms. The molecule has 0 bridgehead atoms. The highest BCUT2D eigenvalue weighted by Crippen LogP contribution is 2.31. The normalized spacial score (nSPS) is 13.1. The van der Waals surface area contributed by atoms with Crippen LogP contribution in [0.4, 0.5) is 0 Å². The molecular weight excluding hydrogens is 332 g/mol. The molecule has 2 nitrogen and oxygen atoms in total. The van der Waals surface area contributed by atoms with Crippen molar-refractivity contribution < 1.29 is 9.84 Å². The van der Waals surface area contributed by atoms with Gasteiger partial charge in [-0.2, -0.15) is 0 Å². The standard InChI is InChI=1S/C25H44O2/c1-6-7-8-14-19-27-21(2)15-12-10-9-11-13-16-22-17-18-23(24(26)20-22)25(3,4)5/h17-18,20-21,26H,6-16,19H2,1-5H3. The van der Waals surface area contributed by atoms with E-state index in [1.807, 2.05) is 6.07 Å². The van der Waals surface area contributed by atoms with E-state index < -0.39 is 0 Å². The minimum Gasteiger partial charge on any atom is -0.508 e. The van der Waals surface area contributed by atoms with Gasteiger partial charge in [0, 0.05) is 6.61 Å². The fraction of sp³-hybridized carbons (Fsp3) is 0.760. The molecule has 27 heavy (non-hydrogen) atoms. The van der Waals surface area contributed by atoms with E-state index in [9.17, 15) is 5.11 Å². The number of unbranched alkanes of at least 4 members (excludes halogenated alkanes) is 7. The van der Waals surface area contributed by atoms with Crippen LogP contribution >= 0.6 is 0 Å². The topological polar surface area (TPSA) is 29.5 Å². The summed E-state index contributed by atoms with van der Waals surface area (Å²) < 4.78 is 5.90. The van der Waals surface area contributed by atoms with Crippen LogP contribution in [0, 0.1) is 0 Å². The van der Waals surface area contributed by atoms with Crippen molar-refractivity contribution in [1.82, 2.24) is 0 Å². The Morgan fingerprint density at radius 2 is 1.59 bits per heavy atom. The largest absolute Gasteiger partial charge is 0.508 e. The van der Waals surface area contributed by atoms with Gasteiger partial charge >= 0.3 is 0 Å². The zero-order valence-corrected chi connectivity index (χ0v) is 18.7. The molecule has 0 fully saturated rings. The monoisotopic (exact) mass is 376 g/mol. The van der Waals surface area contributed by atoms with Crippen molar-refractivity contribution >= 4 is 0 Å². The highest BCUT2D eigenvalue weighted by Gasteiger charge is 2.17. The van der Waals surface area contributed by atoms with E-state index in [0.29, 0.717) is 11.9 Å². The second kappa shape index (κ2) is 13.2. The molecule has 1 rings (SSSR count). The molecule has 0 saturated heterocycles. The van der Waals surface area contributed by atoms with Crippen molar-refractivity contribution in [1.29, 1.82) is 0 Å². The molecule has 0 heterocycles. The first-order chi connectivity index (χ1) is 12.8. The minimum atomic E-state index is -0.00102. The van der Waals surface area contributed by atoms with Crippen molar-refractivity contribution in [3.8, 4) is 5.75 Å². The van der Waals surface area contributed by atoms with Crippen LogP contribution in [0.15, 0.2) is 18.2 Å². The average molecular weight is 377 g/mol. The fourth-order valence-corrected chi connectivity index (χ4v) is 3.55. The Morgan fingerprint density at radius 3 is 2.26 bits per heavy atom. The van der Waals surface area contributed by atoms with Crippen molar-refractivity contribution in [2.24, 2.45) is 0 Å². The molecule has 1 aromatic rings. The second-order valence-electron chi connectivity index (χ2n) is 9.15. The summed E-state index contributed by atoms with van der Waals surface area (Å²) in [6.07, 6.45) is 14.2. The molecule has 0 aliphatic carbocycles. The van der Waals surface area contributed by atoms with E-state index in [4.69, 9.17) is 4.74 Å². The van der Waals surface area contributed by atoms with Crippen LogP contribution in [-0.4, -0.2) is 17.8 Å². The average Bonchev–Trinajstić information content (AvgIpc) is 2.59. The number of ether oxygens (including phenoxy) is 1. The number of phenols is 1. The smallest absolute Gasteiger partial charge is 0.119 e. The number of benzene rings is 1. The third-order valence-corrected chi connectivity index (χ3v) is 5.35. The molecule has 0 amide bonds. The fourth-order valence-electron chi connectivity index (χ4n) is 3.55. The molecule has 1 unspecified atom stereocenters. The van der Waals surface area contributed by atoms with Crippen molar-refractivity contribution in [3.63, 3.8) is 0 Å². The number of aromatic hydroxyl groups is 1. The van der Waals surface area contributed by atoms with Crippen LogP contribution in [0.25, 0.3) is 0 Å². The van der Waals surface area contributed by atoms with Gasteiger partial charge in [0.25, 0.3) is 0 Å². The lowest BCUT2D eigenvalue weighted by Gasteiger charge is -2.20. The highest BCUT2D eigenvalue weighted by molar-refractivity contribution is 5.40. The zero-order chi connectivity index (χ0) is 20.1. The van der Waals surface area contributed by atoms with E-state index in [1.165, 1.54) is 69.8 Å². The molecule has 0 saturated carbocycles. The first-order valence-electron chi connectivity index (χ1n) is 11.3. The molecule has 1 N–H and O–H groups in total. The molecule has 0 aliphatic rings. The van der Waals surface area contributed by atoms with Gasteiger partial charge in [0.15, 0.2) is 0 Å². The summed E-state index contributed by atoms with van der Waals surface area (Å²) in [5.41, 5.74) is 2.29.